The van der Waals surface area contributed by atoms with Crippen LogP contribution in [0, 0.1) is 5.92 Å². The van der Waals surface area contributed by atoms with E-state index in [1.807, 2.05) is 0 Å². The zero-order chi connectivity index (χ0) is 12.8. The van der Waals surface area contributed by atoms with Gasteiger partial charge in [0.1, 0.15) is 5.82 Å². The standard InChI is InChI=1S/C13H19N3O2/c17-13(18)11-8-14-9-12(16-11)15-7-6-10-4-2-1-3-5-10/h8-10H,1-7H2,(H,15,16)(H,17,18). The maximum atomic E-state index is 10.7. The number of carbonyl (C=O) groups is 1. The summed E-state index contributed by atoms with van der Waals surface area (Å²) in [6.45, 7) is 0.836. The Morgan fingerprint density at radius 2 is 2.11 bits per heavy atom. The number of carboxylic acids is 1. The van der Waals surface area contributed by atoms with E-state index in [2.05, 4.69) is 15.3 Å². The quantitative estimate of drug-likeness (QED) is 0.838. The Morgan fingerprint density at radius 1 is 1.33 bits per heavy atom. The molecule has 0 amide bonds. The lowest BCUT2D eigenvalue weighted by molar-refractivity contribution is 0.0690. The van der Waals surface area contributed by atoms with Crippen molar-refractivity contribution in [1.29, 1.82) is 0 Å². The Hall–Kier alpha value is -1.65. The van der Waals surface area contributed by atoms with E-state index in [-0.39, 0.29) is 5.69 Å². The Balaban J connectivity index is 1.78. The van der Waals surface area contributed by atoms with Crippen molar-refractivity contribution in [3.63, 3.8) is 0 Å². The molecule has 0 aromatic carbocycles. The van der Waals surface area contributed by atoms with Gasteiger partial charge in [-0.05, 0) is 12.3 Å². The lowest BCUT2D eigenvalue weighted by atomic mass is 9.87. The SMILES string of the molecule is O=C(O)c1cncc(NCCC2CCCCC2)n1. The Labute approximate surface area is 107 Å². The second-order valence-electron chi connectivity index (χ2n) is 4.81. The molecule has 0 unspecified atom stereocenters. The first-order valence-corrected chi connectivity index (χ1v) is 6.55. The molecule has 1 aliphatic carbocycles. The molecule has 1 heterocycles. The van der Waals surface area contributed by atoms with E-state index in [0.29, 0.717) is 5.82 Å². The summed E-state index contributed by atoms with van der Waals surface area (Å²) in [6.07, 6.45) is 10.7. The van der Waals surface area contributed by atoms with Crippen LogP contribution in [0.5, 0.6) is 0 Å². The van der Waals surface area contributed by atoms with Crippen molar-refractivity contribution in [2.24, 2.45) is 5.92 Å². The number of rotatable bonds is 5. The number of hydrogen-bond acceptors (Lipinski definition) is 4. The molecule has 1 saturated carbocycles. The molecule has 2 N–H and O–H groups in total. The first-order chi connectivity index (χ1) is 8.75. The third-order valence-corrected chi connectivity index (χ3v) is 3.44. The smallest absolute Gasteiger partial charge is 0.356 e. The number of hydrogen-bond donors (Lipinski definition) is 2. The van der Waals surface area contributed by atoms with Crippen molar-refractivity contribution in [3.8, 4) is 0 Å². The third kappa shape index (κ3) is 3.68. The van der Waals surface area contributed by atoms with Crippen LogP contribution < -0.4 is 5.32 Å². The summed E-state index contributed by atoms with van der Waals surface area (Å²) in [4.78, 5) is 18.6. The summed E-state index contributed by atoms with van der Waals surface area (Å²) >= 11 is 0. The van der Waals surface area contributed by atoms with Gasteiger partial charge in [-0.2, -0.15) is 0 Å². The molecule has 1 aromatic heterocycles. The normalized spacial score (nSPS) is 16.4. The highest BCUT2D eigenvalue weighted by Gasteiger charge is 2.13. The van der Waals surface area contributed by atoms with Crippen molar-refractivity contribution < 1.29 is 9.90 Å². The van der Waals surface area contributed by atoms with Crippen molar-refractivity contribution in [2.45, 2.75) is 38.5 Å². The first kappa shape index (κ1) is 12.8. The predicted octanol–water partition coefficient (Wildman–Crippen LogP) is 2.56. The van der Waals surface area contributed by atoms with Crippen LogP contribution in [-0.4, -0.2) is 27.6 Å². The van der Waals surface area contributed by atoms with Crippen molar-refractivity contribution >= 4 is 11.8 Å². The van der Waals surface area contributed by atoms with E-state index in [9.17, 15) is 4.79 Å². The summed E-state index contributed by atoms with van der Waals surface area (Å²) < 4.78 is 0. The van der Waals surface area contributed by atoms with Crippen LogP contribution in [0.4, 0.5) is 5.82 Å². The van der Waals surface area contributed by atoms with Crippen molar-refractivity contribution in [3.05, 3.63) is 18.1 Å². The highest BCUT2D eigenvalue weighted by molar-refractivity contribution is 5.85. The molecule has 0 bridgehead atoms. The summed E-state index contributed by atoms with van der Waals surface area (Å²) in [7, 11) is 0. The van der Waals surface area contributed by atoms with Gasteiger partial charge in [0.15, 0.2) is 5.69 Å². The summed E-state index contributed by atoms with van der Waals surface area (Å²) in [5.74, 6) is 0.311. The zero-order valence-corrected chi connectivity index (χ0v) is 10.4. The van der Waals surface area contributed by atoms with Crippen LogP contribution >= 0.6 is 0 Å². The van der Waals surface area contributed by atoms with Crippen LogP contribution in [0.1, 0.15) is 49.0 Å². The second-order valence-corrected chi connectivity index (χ2v) is 4.81. The molecule has 98 valence electrons. The van der Waals surface area contributed by atoms with Crippen LogP contribution in [0.15, 0.2) is 12.4 Å². The number of anilines is 1. The highest BCUT2D eigenvalue weighted by Crippen LogP contribution is 2.26. The molecule has 0 atom stereocenters. The summed E-state index contributed by atoms with van der Waals surface area (Å²) in [6, 6.07) is 0. The monoisotopic (exact) mass is 249 g/mol. The van der Waals surface area contributed by atoms with Gasteiger partial charge in [-0.3, -0.25) is 4.98 Å². The van der Waals surface area contributed by atoms with Gasteiger partial charge in [0.05, 0.1) is 12.4 Å². The average molecular weight is 249 g/mol. The van der Waals surface area contributed by atoms with E-state index in [1.54, 1.807) is 6.20 Å². The van der Waals surface area contributed by atoms with E-state index in [1.165, 1.54) is 38.3 Å². The maximum Gasteiger partial charge on any atom is 0.356 e. The van der Waals surface area contributed by atoms with Gasteiger partial charge in [-0.25, -0.2) is 9.78 Å². The molecule has 0 aliphatic heterocycles. The minimum atomic E-state index is -1.04. The second kappa shape index (κ2) is 6.33. The van der Waals surface area contributed by atoms with Gasteiger partial charge < -0.3 is 10.4 Å². The fraction of sp³-hybridized carbons (Fsp3) is 0.615. The van der Waals surface area contributed by atoms with Gasteiger partial charge >= 0.3 is 5.97 Å². The molecule has 0 radical (unpaired) electrons. The largest absolute Gasteiger partial charge is 0.476 e. The Morgan fingerprint density at radius 3 is 2.83 bits per heavy atom. The molecule has 18 heavy (non-hydrogen) atoms. The fourth-order valence-corrected chi connectivity index (χ4v) is 2.43. The molecular formula is C13H19N3O2. The number of aromatic nitrogens is 2. The number of nitrogens with one attached hydrogen (secondary N) is 1. The highest BCUT2D eigenvalue weighted by atomic mass is 16.4. The molecule has 0 saturated heterocycles. The average Bonchev–Trinajstić information content (AvgIpc) is 2.40. The molecule has 5 heteroatoms. The maximum absolute atomic E-state index is 10.7. The van der Waals surface area contributed by atoms with E-state index in [0.717, 1.165) is 18.9 Å². The lowest BCUT2D eigenvalue weighted by Gasteiger charge is -2.21. The summed E-state index contributed by atoms with van der Waals surface area (Å²) in [5, 5.41) is 12.0. The van der Waals surface area contributed by atoms with Gasteiger partial charge in [0.2, 0.25) is 0 Å². The Bertz CT molecular complexity index is 403. The molecular weight excluding hydrogens is 230 g/mol. The van der Waals surface area contributed by atoms with Crippen molar-refractivity contribution in [1.82, 2.24) is 9.97 Å². The first-order valence-electron chi connectivity index (χ1n) is 6.55. The van der Waals surface area contributed by atoms with Crippen LogP contribution in [0.3, 0.4) is 0 Å². The van der Waals surface area contributed by atoms with Crippen LogP contribution in [0.2, 0.25) is 0 Å². The fourth-order valence-electron chi connectivity index (χ4n) is 2.43. The van der Waals surface area contributed by atoms with E-state index < -0.39 is 5.97 Å². The van der Waals surface area contributed by atoms with Gasteiger partial charge in [0.25, 0.3) is 0 Å². The number of nitrogens with zero attached hydrogens (tertiary/aromatic N) is 2. The lowest BCUT2D eigenvalue weighted by Crippen LogP contribution is -2.13. The van der Waals surface area contributed by atoms with Gasteiger partial charge in [-0.1, -0.05) is 32.1 Å². The molecule has 5 nitrogen and oxygen atoms in total. The van der Waals surface area contributed by atoms with Crippen LogP contribution in [-0.2, 0) is 0 Å². The number of aromatic carboxylic acids is 1. The molecule has 2 rings (SSSR count). The Kier molecular flexibility index (Phi) is 4.50. The minimum Gasteiger partial charge on any atom is -0.476 e. The van der Waals surface area contributed by atoms with Gasteiger partial charge in [-0.15, -0.1) is 0 Å². The third-order valence-electron chi connectivity index (χ3n) is 3.44. The van der Waals surface area contributed by atoms with E-state index >= 15 is 0 Å². The molecule has 1 aromatic rings. The minimum absolute atomic E-state index is 0.0160. The zero-order valence-electron chi connectivity index (χ0n) is 10.4. The molecule has 1 aliphatic rings. The van der Waals surface area contributed by atoms with Crippen molar-refractivity contribution in [2.75, 3.05) is 11.9 Å². The molecule has 0 spiro atoms. The topological polar surface area (TPSA) is 75.1 Å². The van der Waals surface area contributed by atoms with Crippen LogP contribution in [0.25, 0.3) is 0 Å². The summed E-state index contributed by atoms with van der Waals surface area (Å²) in [5.41, 5.74) is -0.0160. The molecule has 1 fully saturated rings. The number of carboxylic acid groups (broad SMARTS) is 1. The van der Waals surface area contributed by atoms with E-state index in [4.69, 9.17) is 5.11 Å². The predicted molar refractivity (Wildman–Crippen MR) is 68.7 cm³/mol. The van der Waals surface area contributed by atoms with Gasteiger partial charge in [0, 0.05) is 6.54 Å².